The highest BCUT2D eigenvalue weighted by atomic mass is 32.1. The Balaban J connectivity index is 2.02. The molecule has 0 amide bonds. The van der Waals surface area contributed by atoms with Crippen LogP contribution in [0.15, 0.2) is 0 Å². The number of ether oxygens (including phenoxy) is 2. The molecule has 0 aliphatic carbocycles. The monoisotopic (exact) mass is 203 g/mol. The SMILES string of the molecule is CC(COCC1CCOC1)C(N)=S. The first-order valence-corrected chi connectivity index (χ1v) is 5.05. The second-order valence-corrected chi connectivity index (χ2v) is 4.04. The van der Waals surface area contributed by atoms with Gasteiger partial charge < -0.3 is 15.2 Å². The maximum absolute atomic E-state index is 5.49. The van der Waals surface area contributed by atoms with E-state index >= 15 is 0 Å². The highest BCUT2D eigenvalue weighted by molar-refractivity contribution is 7.80. The van der Waals surface area contributed by atoms with Crippen LogP contribution >= 0.6 is 12.2 Å². The summed E-state index contributed by atoms with van der Waals surface area (Å²) in [5.41, 5.74) is 5.46. The third kappa shape index (κ3) is 4.02. The molecule has 2 atom stereocenters. The molecule has 0 aromatic rings. The van der Waals surface area contributed by atoms with Crippen molar-refractivity contribution < 1.29 is 9.47 Å². The maximum Gasteiger partial charge on any atom is 0.0779 e. The van der Waals surface area contributed by atoms with Gasteiger partial charge in [-0.05, 0) is 6.42 Å². The van der Waals surface area contributed by atoms with Crippen LogP contribution in [-0.2, 0) is 9.47 Å². The van der Waals surface area contributed by atoms with Gasteiger partial charge >= 0.3 is 0 Å². The summed E-state index contributed by atoms with van der Waals surface area (Å²) in [5.74, 6) is 0.746. The third-order valence-electron chi connectivity index (χ3n) is 2.23. The summed E-state index contributed by atoms with van der Waals surface area (Å²) in [5, 5.41) is 0. The van der Waals surface area contributed by atoms with Gasteiger partial charge in [-0.1, -0.05) is 19.1 Å². The lowest BCUT2D eigenvalue weighted by molar-refractivity contribution is 0.0810. The molecule has 1 saturated heterocycles. The fourth-order valence-corrected chi connectivity index (χ4v) is 1.28. The minimum absolute atomic E-state index is 0.178. The van der Waals surface area contributed by atoms with Gasteiger partial charge in [-0.25, -0.2) is 0 Å². The number of rotatable bonds is 5. The molecule has 0 aromatic heterocycles. The van der Waals surface area contributed by atoms with Crippen molar-refractivity contribution in [2.45, 2.75) is 13.3 Å². The smallest absolute Gasteiger partial charge is 0.0779 e. The Labute approximate surface area is 84.6 Å². The van der Waals surface area contributed by atoms with Gasteiger partial charge in [0.15, 0.2) is 0 Å². The third-order valence-corrected chi connectivity index (χ3v) is 2.63. The number of hydrogen-bond acceptors (Lipinski definition) is 3. The largest absolute Gasteiger partial charge is 0.393 e. The van der Waals surface area contributed by atoms with E-state index in [2.05, 4.69) is 0 Å². The molecule has 2 unspecified atom stereocenters. The van der Waals surface area contributed by atoms with Gasteiger partial charge in [0.1, 0.15) is 0 Å². The molecule has 0 spiro atoms. The molecule has 3 nitrogen and oxygen atoms in total. The summed E-state index contributed by atoms with van der Waals surface area (Å²) < 4.78 is 10.7. The van der Waals surface area contributed by atoms with Crippen LogP contribution in [0.4, 0.5) is 0 Å². The van der Waals surface area contributed by atoms with E-state index in [-0.39, 0.29) is 5.92 Å². The zero-order valence-electron chi connectivity index (χ0n) is 7.99. The van der Waals surface area contributed by atoms with Crippen LogP contribution in [0.25, 0.3) is 0 Å². The first-order chi connectivity index (χ1) is 6.20. The molecule has 4 heteroatoms. The summed E-state index contributed by atoms with van der Waals surface area (Å²) in [6, 6.07) is 0. The van der Waals surface area contributed by atoms with E-state index in [1.165, 1.54) is 0 Å². The molecular weight excluding hydrogens is 186 g/mol. The molecule has 1 aliphatic heterocycles. The highest BCUT2D eigenvalue weighted by Gasteiger charge is 2.16. The maximum atomic E-state index is 5.49. The molecular formula is C9H17NO2S. The first kappa shape index (κ1) is 10.9. The number of nitrogens with two attached hydrogens (primary N) is 1. The fraction of sp³-hybridized carbons (Fsp3) is 0.889. The Morgan fingerprint density at radius 1 is 1.77 bits per heavy atom. The molecule has 1 fully saturated rings. The Bertz CT molecular complexity index is 169. The standard InChI is InChI=1S/C9H17NO2S/c1-7(9(10)13)4-12-6-8-2-3-11-5-8/h7-8H,2-6H2,1H3,(H2,10,13). The van der Waals surface area contributed by atoms with Crippen LogP contribution in [0.5, 0.6) is 0 Å². The molecule has 0 bridgehead atoms. The zero-order valence-corrected chi connectivity index (χ0v) is 8.81. The Kier molecular flexibility index (Phi) is 4.62. The van der Waals surface area contributed by atoms with Gasteiger partial charge in [0.05, 0.1) is 24.8 Å². The predicted molar refractivity (Wildman–Crippen MR) is 55.7 cm³/mol. The van der Waals surface area contributed by atoms with E-state index in [1.807, 2.05) is 6.92 Å². The summed E-state index contributed by atoms with van der Waals surface area (Å²) in [6.45, 7) is 5.09. The molecule has 13 heavy (non-hydrogen) atoms. The molecule has 0 saturated carbocycles. The van der Waals surface area contributed by atoms with Crippen molar-refractivity contribution >= 4 is 17.2 Å². The molecule has 2 N–H and O–H groups in total. The number of hydrogen-bond donors (Lipinski definition) is 1. The summed E-state index contributed by atoms with van der Waals surface area (Å²) in [7, 11) is 0. The Hall–Kier alpha value is -0.190. The molecule has 0 radical (unpaired) electrons. The Morgan fingerprint density at radius 3 is 3.08 bits per heavy atom. The van der Waals surface area contributed by atoms with Crippen molar-refractivity contribution in [1.29, 1.82) is 0 Å². The number of thiocarbonyl (C=S) groups is 1. The second-order valence-electron chi connectivity index (χ2n) is 3.57. The van der Waals surface area contributed by atoms with E-state index in [4.69, 9.17) is 27.4 Å². The van der Waals surface area contributed by atoms with Gasteiger partial charge in [-0.2, -0.15) is 0 Å². The predicted octanol–water partition coefficient (Wildman–Crippen LogP) is 0.962. The van der Waals surface area contributed by atoms with Gasteiger partial charge in [-0.3, -0.25) is 0 Å². The summed E-state index contributed by atoms with van der Waals surface area (Å²) >= 11 is 4.84. The molecule has 1 rings (SSSR count). The normalized spacial score (nSPS) is 24.5. The minimum Gasteiger partial charge on any atom is -0.393 e. The van der Waals surface area contributed by atoms with E-state index in [0.29, 0.717) is 17.5 Å². The van der Waals surface area contributed by atoms with Crippen molar-refractivity contribution in [3.63, 3.8) is 0 Å². The van der Waals surface area contributed by atoms with Crippen molar-refractivity contribution in [1.82, 2.24) is 0 Å². The average Bonchev–Trinajstić information content (AvgIpc) is 2.56. The Morgan fingerprint density at radius 2 is 2.54 bits per heavy atom. The van der Waals surface area contributed by atoms with Crippen LogP contribution in [-0.4, -0.2) is 31.4 Å². The minimum atomic E-state index is 0.178. The second kappa shape index (κ2) is 5.52. The lowest BCUT2D eigenvalue weighted by Gasteiger charge is -2.12. The molecule has 76 valence electrons. The summed E-state index contributed by atoms with van der Waals surface area (Å²) in [4.78, 5) is 0.530. The molecule has 1 heterocycles. The first-order valence-electron chi connectivity index (χ1n) is 4.65. The van der Waals surface area contributed by atoms with Gasteiger partial charge in [0.2, 0.25) is 0 Å². The van der Waals surface area contributed by atoms with Crippen LogP contribution in [0.1, 0.15) is 13.3 Å². The lowest BCUT2D eigenvalue weighted by Crippen LogP contribution is -2.24. The average molecular weight is 203 g/mol. The topological polar surface area (TPSA) is 44.5 Å². The van der Waals surface area contributed by atoms with Crippen molar-refractivity contribution in [2.24, 2.45) is 17.6 Å². The van der Waals surface area contributed by atoms with Crippen LogP contribution in [0.2, 0.25) is 0 Å². The van der Waals surface area contributed by atoms with Crippen LogP contribution in [0, 0.1) is 11.8 Å². The van der Waals surface area contributed by atoms with Gasteiger partial charge in [0, 0.05) is 18.4 Å². The lowest BCUT2D eigenvalue weighted by atomic mass is 10.1. The fourth-order valence-electron chi connectivity index (χ4n) is 1.21. The van der Waals surface area contributed by atoms with E-state index < -0.39 is 0 Å². The zero-order chi connectivity index (χ0) is 9.68. The van der Waals surface area contributed by atoms with Crippen molar-refractivity contribution in [3.05, 3.63) is 0 Å². The van der Waals surface area contributed by atoms with Crippen molar-refractivity contribution in [2.75, 3.05) is 26.4 Å². The quantitative estimate of drug-likeness (QED) is 0.676. The van der Waals surface area contributed by atoms with Crippen LogP contribution in [0.3, 0.4) is 0 Å². The van der Waals surface area contributed by atoms with Crippen LogP contribution < -0.4 is 5.73 Å². The van der Waals surface area contributed by atoms with Crippen molar-refractivity contribution in [3.8, 4) is 0 Å². The highest BCUT2D eigenvalue weighted by Crippen LogP contribution is 2.12. The van der Waals surface area contributed by atoms with Gasteiger partial charge in [-0.15, -0.1) is 0 Å². The summed E-state index contributed by atoms with van der Waals surface area (Å²) in [6.07, 6.45) is 1.11. The van der Waals surface area contributed by atoms with Gasteiger partial charge in [0.25, 0.3) is 0 Å². The van der Waals surface area contributed by atoms with E-state index in [0.717, 1.165) is 26.2 Å². The van der Waals surface area contributed by atoms with E-state index in [9.17, 15) is 0 Å². The molecule has 1 aliphatic rings. The van der Waals surface area contributed by atoms with E-state index in [1.54, 1.807) is 0 Å². The molecule has 0 aromatic carbocycles.